The van der Waals surface area contributed by atoms with Gasteiger partial charge in [-0.1, -0.05) is 0 Å². The number of rotatable bonds is 2. The van der Waals surface area contributed by atoms with Crippen molar-refractivity contribution < 1.29 is 14.0 Å². The predicted octanol–water partition coefficient (Wildman–Crippen LogP) is 1.36. The highest BCUT2D eigenvalue weighted by molar-refractivity contribution is 5.98. The lowest BCUT2D eigenvalue weighted by Gasteiger charge is -2.40. The third kappa shape index (κ3) is 2.69. The second-order valence-corrected chi connectivity index (χ2v) is 5.89. The average Bonchev–Trinajstić information content (AvgIpc) is 3.00. The van der Waals surface area contributed by atoms with E-state index in [1.54, 1.807) is 38.2 Å². The largest absolute Gasteiger partial charge is 0.352 e. The molecule has 0 radical (unpaired) electrons. The number of nitrogens with zero attached hydrogens (tertiary/aromatic N) is 3. The number of piperazine rings is 1. The molecule has 120 valence electrons. The van der Waals surface area contributed by atoms with Gasteiger partial charge in [-0.3, -0.25) is 9.59 Å². The van der Waals surface area contributed by atoms with Crippen molar-refractivity contribution in [3.05, 3.63) is 48.0 Å². The topological polar surface area (TPSA) is 67.2 Å². The molecule has 2 amide bonds. The van der Waals surface area contributed by atoms with E-state index < -0.39 is 5.54 Å². The Bertz CT molecular complexity index is 752. The molecule has 1 saturated heterocycles. The van der Waals surface area contributed by atoms with Crippen molar-refractivity contribution >= 4 is 11.8 Å². The van der Waals surface area contributed by atoms with Crippen LogP contribution in [0.1, 0.15) is 24.3 Å². The minimum atomic E-state index is -0.922. The van der Waals surface area contributed by atoms with Crippen LogP contribution in [0.4, 0.5) is 4.39 Å². The van der Waals surface area contributed by atoms with Gasteiger partial charge in [-0.05, 0) is 44.2 Å². The van der Waals surface area contributed by atoms with Crippen molar-refractivity contribution in [3.8, 4) is 5.69 Å². The van der Waals surface area contributed by atoms with Crippen LogP contribution in [0.3, 0.4) is 0 Å². The highest BCUT2D eigenvalue weighted by atomic mass is 19.1. The van der Waals surface area contributed by atoms with E-state index in [9.17, 15) is 14.0 Å². The third-order valence-corrected chi connectivity index (χ3v) is 4.00. The van der Waals surface area contributed by atoms with Gasteiger partial charge in [0.2, 0.25) is 5.91 Å². The number of benzene rings is 1. The monoisotopic (exact) mass is 316 g/mol. The first-order chi connectivity index (χ1) is 10.9. The van der Waals surface area contributed by atoms with Crippen molar-refractivity contribution in [1.82, 2.24) is 20.0 Å². The van der Waals surface area contributed by atoms with Gasteiger partial charge >= 0.3 is 0 Å². The molecular formula is C16H17FN4O2. The number of amides is 2. The molecule has 2 aromatic rings. The molecule has 0 bridgehead atoms. The number of halogens is 1. The van der Waals surface area contributed by atoms with Crippen LogP contribution in [0.25, 0.3) is 5.69 Å². The number of carbonyl (C=O) groups is 2. The Labute approximate surface area is 132 Å². The van der Waals surface area contributed by atoms with E-state index in [2.05, 4.69) is 10.4 Å². The summed E-state index contributed by atoms with van der Waals surface area (Å²) in [6, 6.07) is 7.41. The standard InChI is InChI=1S/C16H17FN4O2/c1-16(2)15(23)18-8-10-20(16)14(22)13-7-9-21(19-13)12-5-3-11(17)4-6-12/h3-7,9H,8,10H2,1-2H3,(H,18,23). The van der Waals surface area contributed by atoms with E-state index in [0.29, 0.717) is 18.8 Å². The maximum atomic E-state index is 13.0. The fourth-order valence-electron chi connectivity index (χ4n) is 2.57. The van der Waals surface area contributed by atoms with Crippen LogP contribution < -0.4 is 5.32 Å². The second-order valence-electron chi connectivity index (χ2n) is 5.89. The second kappa shape index (κ2) is 5.49. The number of hydrogen-bond donors (Lipinski definition) is 1. The van der Waals surface area contributed by atoms with E-state index in [-0.39, 0.29) is 23.3 Å². The van der Waals surface area contributed by atoms with Crippen molar-refractivity contribution in [2.75, 3.05) is 13.1 Å². The molecule has 0 saturated carbocycles. The van der Waals surface area contributed by atoms with Gasteiger partial charge in [0.25, 0.3) is 5.91 Å². The summed E-state index contributed by atoms with van der Waals surface area (Å²) in [5.41, 5.74) is -0.0205. The van der Waals surface area contributed by atoms with Crippen LogP contribution in [-0.4, -0.2) is 45.1 Å². The number of aromatic nitrogens is 2. The lowest BCUT2D eigenvalue weighted by molar-refractivity contribution is -0.133. The van der Waals surface area contributed by atoms with Crippen LogP contribution in [0.5, 0.6) is 0 Å². The first-order valence-corrected chi connectivity index (χ1v) is 7.31. The Hall–Kier alpha value is -2.70. The predicted molar refractivity (Wildman–Crippen MR) is 81.6 cm³/mol. The van der Waals surface area contributed by atoms with E-state index in [1.807, 2.05) is 0 Å². The van der Waals surface area contributed by atoms with E-state index >= 15 is 0 Å². The number of carbonyl (C=O) groups excluding carboxylic acids is 2. The van der Waals surface area contributed by atoms with Crippen LogP contribution >= 0.6 is 0 Å². The fraction of sp³-hybridized carbons (Fsp3) is 0.312. The lowest BCUT2D eigenvalue weighted by atomic mass is 9.98. The summed E-state index contributed by atoms with van der Waals surface area (Å²) < 4.78 is 14.5. The van der Waals surface area contributed by atoms with E-state index in [0.717, 1.165) is 0 Å². The average molecular weight is 316 g/mol. The Kier molecular flexibility index (Phi) is 3.63. The molecule has 7 heteroatoms. The van der Waals surface area contributed by atoms with E-state index in [1.165, 1.54) is 21.7 Å². The summed E-state index contributed by atoms with van der Waals surface area (Å²) >= 11 is 0. The molecule has 0 spiro atoms. The SMILES string of the molecule is CC1(C)C(=O)NCCN1C(=O)c1ccn(-c2ccc(F)cc2)n1. The maximum Gasteiger partial charge on any atom is 0.275 e. The number of hydrogen-bond acceptors (Lipinski definition) is 3. The minimum Gasteiger partial charge on any atom is -0.352 e. The fourth-order valence-corrected chi connectivity index (χ4v) is 2.57. The van der Waals surface area contributed by atoms with Crippen LogP contribution in [0.15, 0.2) is 36.5 Å². The Morgan fingerprint density at radius 2 is 1.96 bits per heavy atom. The molecule has 3 rings (SSSR count). The van der Waals surface area contributed by atoms with Gasteiger partial charge in [0.1, 0.15) is 11.4 Å². The lowest BCUT2D eigenvalue weighted by Crippen LogP contribution is -2.63. The molecule has 2 heterocycles. The van der Waals surface area contributed by atoms with Gasteiger partial charge < -0.3 is 10.2 Å². The molecule has 0 atom stereocenters. The smallest absolute Gasteiger partial charge is 0.275 e. The molecule has 6 nitrogen and oxygen atoms in total. The first kappa shape index (κ1) is 15.2. The minimum absolute atomic E-state index is 0.185. The van der Waals surface area contributed by atoms with Crippen LogP contribution in [-0.2, 0) is 4.79 Å². The zero-order chi connectivity index (χ0) is 16.6. The molecule has 1 aliphatic rings. The molecule has 1 aromatic carbocycles. The molecular weight excluding hydrogens is 299 g/mol. The Balaban J connectivity index is 1.86. The third-order valence-electron chi connectivity index (χ3n) is 4.00. The van der Waals surface area contributed by atoms with Crippen LogP contribution in [0, 0.1) is 5.82 Å². The molecule has 23 heavy (non-hydrogen) atoms. The van der Waals surface area contributed by atoms with Crippen molar-refractivity contribution in [2.45, 2.75) is 19.4 Å². The van der Waals surface area contributed by atoms with Gasteiger partial charge in [0, 0.05) is 19.3 Å². The Morgan fingerprint density at radius 1 is 1.26 bits per heavy atom. The summed E-state index contributed by atoms with van der Waals surface area (Å²) in [5, 5.41) is 7.00. The zero-order valence-electron chi connectivity index (χ0n) is 12.9. The van der Waals surface area contributed by atoms with Crippen molar-refractivity contribution in [3.63, 3.8) is 0 Å². The van der Waals surface area contributed by atoms with Crippen LogP contribution in [0.2, 0.25) is 0 Å². The summed E-state index contributed by atoms with van der Waals surface area (Å²) in [6.45, 7) is 4.26. The van der Waals surface area contributed by atoms with Gasteiger partial charge in [-0.25, -0.2) is 9.07 Å². The molecule has 1 aliphatic heterocycles. The molecule has 0 unspecified atom stereocenters. The molecule has 1 aromatic heterocycles. The van der Waals surface area contributed by atoms with Gasteiger partial charge in [0.15, 0.2) is 5.69 Å². The molecule has 1 N–H and O–H groups in total. The molecule has 1 fully saturated rings. The summed E-state index contributed by atoms with van der Waals surface area (Å²) in [6.07, 6.45) is 1.64. The maximum absolute atomic E-state index is 13.0. The van der Waals surface area contributed by atoms with Gasteiger partial charge in [-0.2, -0.15) is 5.10 Å². The normalized spacial score (nSPS) is 17.0. The summed E-state index contributed by atoms with van der Waals surface area (Å²) in [7, 11) is 0. The van der Waals surface area contributed by atoms with Gasteiger partial charge in [0.05, 0.1) is 5.69 Å². The summed E-state index contributed by atoms with van der Waals surface area (Å²) in [5.74, 6) is -0.820. The van der Waals surface area contributed by atoms with Crippen molar-refractivity contribution in [1.29, 1.82) is 0 Å². The quantitative estimate of drug-likeness (QED) is 0.910. The van der Waals surface area contributed by atoms with Crippen molar-refractivity contribution in [2.24, 2.45) is 0 Å². The number of nitrogens with one attached hydrogen (secondary N) is 1. The zero-order valence-corrected chi connectivity index (χ0v) is 12.9. The van der Waals surface area contributed by atoms with Gasteiger partial charge in [-0.15, -0.1) is 0 Å². The Morgan fingerprint density at radius 3 is 2.65 bits per heavy atom. The first-order valence-electron chi connectivity index (χ1n) is 7.31. The molecule has 0 aliphatic carbocycles. The highest BCUT2D eigenvalue weighted by Crippen LogP contribution is 2.20. The highest BCUT2D eigenvalue weighted by Gasteiger charge is 2.41. The summed E-state index contributed by atoms with van der Waals surface area (Å²) in [4.78, 5) is 26.1. The van der Waals surface area contributed by atoms with E-state index in [4.69, 9.17) is 0 Å².